The number of carbonyl (C=O) groups is 1. The molecule has 10 heteroatoms. The van der Waals surface area contributed by atoms with E-state index in [1.165, 1.54) is 17.7 Å². The Morgan fingerprint density at radius 2 is 1.72 bits per heavy atom. The molecule has 0 bridgehead atoms. The normalized spacial score (nSPS) is 24.7. The Kier molecular flexibility index (Phi) is 7.69. The Morgan fingerprint density at radius 1 is 1.05 bits per heavy atom. The van der Waals surface area contributed by atoms with E-state index in [0.717, 1.165) is 23.1 Å². The van der Waals surface area contributed by atoms with Gasteiger partial charge in [0.25, 0.3) is 10.1 Å². The number of benzene rings is 3. The average Bonchev–Trinajstić information content (AvgIpc) is 3.27. The number of fused-ring (bicyclic) bond motifs is 2. The maximum atomic E-state index is 13.0. The SMILES string of the molecule is CCc1ccc(Cc2cc3c(cc2Cl)CO[C@]32O[C@H](COS(=O)(=O)c3ccc(C)cc3)[C@@H](O)C(=O)[C@H]2O)cc1. The molecule has 3 aromatic carbocycles. The highest BCUT2D eigenvalue weighted by molar-refractivity contribution is 7.86. The maximum Gasteiger partial charge on any atom is 0.297 e. The van der Waals surface area contributed by atoms with Crippen LogP contribution in [-0.4, -0.2) is 49.3 Å². The molecular formula is C29H29ClO8S. The van der Waals surface area contributed by atoms with Crippen LogP contribution in [0.1, 0.15) is 40.3 Å². The summed E-state index contributed by atoms with van der Waals surface area (Å²) in [6.45, 7) is 3.23. The van der Waals surface area contributed by atoms with Crippen molar-refractivity contribution in [3.05, 3.63) is 99.1 Å². The van der Waals surface area contributed by atoms with Crippen LogP contribution in [0.2, 0.25) is 5.02 Å². The zero-order valence-corrected chi connectivity index (χ0v) is 23.0. The van der Waals surface area contributed by atoms with Crippen molar-refractivity contribution < 1.29 is 37.1 Å². The molecule has 0 radical (unpaired) electrons. The number of hydrogen-bond donors (Lipinski definition) is 2. The van der Waals surface area contributed by atoms with Gasteiger partial charge in [-0.15, -0.1) is 0 Å². The number of carbonyl (C=O) groups excluding carboxylic acids is 1. The fourth-order valence-corrected chi connectivity index (χ4v) is 6.05. The lowest BCUT2D eigenvalue weighted by molar-refractivity contribution is -0.326. The minimum Gasteiger partial charge on any atom is -0.382 e. The van der Waals surface area contributed by atoms with Crippen molar-refractivity contribution in [3.63, 3.8) is 0 Å². The van der Waals surface area contributed by atoms with Crippen molar-refractivity contribution >= 4 is 27.5 Å². The van der Waals surface area contributed by atoms with E-state index >= 15 is 0 Å². The Morgan fingerprint density at radius 3 is 2.38 bits per heavy atom. The number of aliphatic hydroxyl groups is 2. The van der Waals surface area contributed by atoms with Crippen molar-refractivity contribution in [2.45, 2.75) is 62.3 Å². The van der Waals surface area contributed by atoms with Crippen LogP contribution >= 0.6 is 11.6 Å². The molecule has 8 nitrogen and oxygen atoms in total. The van der Waals surface area contributed by atoms with Gasteiger partial charge in [-0.3, -0.25) is 8.98 Å². The molecule has 4 atom stereocenters. The summed E-state index contributed by atoms with van der Waals surface area (Å²) in [7, 11) is -4.20. The molecule has 39 heavy (non-hydrogen) atoms. The second-order valence-electron chi connectivity index (χ2n) is 9.86. The minimum atomic E-state index is -4.20. The Hall–Kier alpha value is -2.63. The van der Waals surface area contributed by atoms with Crippen molar-refractivity contribution in [3.8, 4) is 0 Å². The van der Waals surface area contributed by atoms with E-state index in [0.29, 0.717) is 22.6 Å². The first-order valence-electron chi connectivity index (χ1n) is 12.6. The molecule has 2 heterocycles. The highest BCUT2D eigenvalue weighted by atomic mass is 35.5. The van der Waals surface area contributed by atoms with Crippen molar-refractivity contribution in [1.29, 1.82) is 0 Å². The average molecular weight is 573 g/mol. The molecule has 2 aliphatic heterocycles. The maximum absolute atomic E-state index is 13.0. The van der Waals surface area contributed by atoms with Crippen LogP contribution in [0, 0.1) is 6.92 Å². The number of ketones is 1. The van der Waals surface area contributed by atoms with E-state index in [1.807, 2.05) is 31.2 Å². The molecule has 0 amide bonds. The van der Waals surface area contributed by atoms with Gasteiger partial charge in [-0.1, -0.05) is 60.5 Å². The minimum absolute atomic E-state index is 0.00376. The van der Waals surface area contributed by atoms with Gasteiger partial charge in [0.2, 0.25) is 5.79 Å². The monoisotopic (exact) mass is 572 g/mol. The summed E-state index contributed by atoms with van der Waals surface area (Å²) in [4.78, 5) is 12.9. The topological polar surface area (TPSA) is 119 Å². The van der Waals surface area contributed by atoms with Gasteiger partial charge in [0, 0.05) is 10.6 Å². The fourth-order valence-electron chi connectivity index (χ4n) is 4.88. The third-order valence-corrected chi connectivity index (χ3v) is 8.86. The number of Topliss-reactive ketones (excluding diaryl/α,β-unsaturated/α-hetero) is 1. The van der Waals surface area contributed by atoms with Crippen molar-refractivity contribution in [2.24, 2.45) is 0 Å². The third kappa shape index (κ3) is 5.28. The van der Waals surface area contributed by atoms with Crippen molar-refractivity contribution in [2.75, 3.05) is 6.61 Å². The van der Waals surface area contributed by atoms with Gasteiger partial charge in [-0.2, -0.15) is 8.42 Å². The van der Waals surface area contributed by atoms with E-state index in [4.69, 9.17) is 25.3 Å². The lowest BCUT2D eigenvalue weighted by atomic mass is 9.87. The number of halogens is 1. The van der Waals surface area contributed by atoms with Gasteiger partial charge >= 0.3 is 0 Å². The Labute approximate surface area is 232 Å². The standard InChI is InChI=1S/C29H29ClO8S/c1-3-18-6-8-19(9-7-18)12-20-13-23-21(14-24(20)30)15-36-29(23)28(33)27(32)26(31)25(38-29)16-37-39(34,35)22-10-4-17(2)5-11-22/h4-11,13-14,25-26,28,31,33H,3,12,15-16H2,1-2H3/t25-,26-,28-,29+/m1/s1. The van der Waals surface area contributed by atoms with Gasteiger partial charge in [0.1, 0.15) is 12.2 Å². The molecule has 206 valence electrons. The van der Waals surface area contributed by atoms with Crippen LogP contribution in [-0.2, 0) is 53.8 Å². The Balaban J connectivity index is 1.42. The number of rotatable bonds is 7. The van der Waals surface area contributed by atoms with Crippen LogP contribution in [0.4, 0.5) is 0 Å². The number of ether oxygens (including phenoxy) is 2. The van der Waals surface area contributed by atoms with Crippen LogP contribution in [0.25, 0.3) is 0 Å². The number of aryl methyl sites for hydroxylation is 2. The largest absolute Gasteiger partial charge is 0.382 e. The first kappa shape index (κ1) is 27.9. The van der Waals surface area contributed by atoms with E-state index in [1.54, 1.807) is 24.3 Å². The molecule has 0 aromatic heterocycles. The molecule has 2 aliphatic rings. The molecule has 1 saturated heterocycles. The van der Waals surface area contributed by atoms with E-state index in [-0.39, 0.29) is 11.5 Å². The molecular weight excluding hydrogens is 544 g/mol. The summed E-state index contributed by atoms with van der Waals surface area (Å²) in [6, 6.07) is 17.6. The Bertz CT molecular complexity index is 1490. The highest BCUT2D eigenvalue weighted by Crippen LogP contribution is 2.46. The molecule has 0 aliphatic carbocycles. The summed E-state index contributed by atoms with van der Waals surface area (Å²) in [6.07, 6.45) is -3.69. The highest BCUT2D eigenvalue weighted by Gasteiger charge is 2.59. The molecule has 0 saturated carbocycles. The van der Waals surface area contributed by atoms with Gasteiger partial charge in [-0.25, -0.2) is 0 Å². The van der Waals surface area contributed by atoms with Crippen molar-refractivity contribution in [1.82, 2.24) is 0 Å². The fraction of sp³-hybridized carbons (Fsp3) is 0.345. The van der Waals surface area contributed by atoms with E-state index in [2.05, 4.69) is 6.92 Å². The zero-order chi connectivity index (χ0) is 27.9. The second kappa shape index (κ2) is 10.7. The van der Waals surface area contributed by atoms with Crippen LogP contribution < -0.4 is 0 Å². The van der Waals surface area contributed by atoms with Crippen LogP contribution in [0.15, 0.2) is 65.6 Å². The molecule has 2 N–H and O–H groups in total. The quantitative estimate of drug-likeness (QED) is 0.412. The summed E-state index contributed by atoms with van der Waals surface area (Å²) < 4.78 is 42.4. The number of hydrogen-bond acceptors (Lipinski definition) is 8. The molecule has 1 spiro atoms. The molecule has 5 rings (SSSR count). The van der Waals surface area contributed by atoms with Gasteiger partial charge < -0.3 is 19.7 Å². The predicted molar refractivity (Wildman–Crippen MR) is 143 cm³/mol. The first-order valence-corrected chi connectivity index (χ1v) is 14.4. The molecule has 3 aromatic rings. The van der Waals surface area contributed by atoms with Gasteiger partial charge in [0.15, 0.2) is 11.9 Å². The lowest BCUT2D eigenvalue weighted by Gasteiger charge is -2.42. The second-order valence-corrected chi connectivity index (χ2v) is 11.9. The van der Waals surface area contributed by atoms with Gasteiger partial charge in [-0.05, 0) is 66.3 Å². The van der Waals surface area contributed by atoms with E-state index < -0.39 is 46.6 Å². The number of aliphatic hydroxyl groups excluding tert-OH is 2. The van der Waals surface area contributed by atoms with E-state index in [9.17, 15) is 23.4 Å². The summed E-state index contributed by atoms with van der Waals surface area (Å²) in [5.74, 6) is -2.90. The zero-order valence-electron chi connectivity index (χ0n) is 21.5. The predicted octanol–water partition coefficient (Wildman–Crippen LogP) is 3.58. The molecule has 1 fully saturated rings. The first-order chi connectivity index (χ1) is 18.5. The smallest absolute Gasteiger partial charge is 0.297 e. The van der Waals surface area contributed by atoms with Crippen LogP contribution in [0.3, 0.4) is 0 Å². The van der Waals surface area contributed by atoms with Crippen LogP contribution in [0.5, 0.6) is 0 Å². The summed E-state index contributed by atoms with van der Waals surface area (Å²) in [5.41, 5.74) is 4.84. The lowest BCUT2D eigenvalue weighted by Crippen LogP contribution is -2.61. The summed E-state index contributed by atoms with van der Waals surface area (Å²) in [5, 5.41) is 22.0. The summed E-state index contributed by atoms with van der Waals surface area (Å²) >= 11 is 6.58. The van der Waals surface area contributed by atoms with Gasteiger partial charge in [0.05, 0.1) is 18.1 Å². The molecule has 0 unspecified atom stereocenters. The third-order valence-electron chi connectivity index (χ3n) is 7.21.